The van der Waals surface area contributed by atoms with Gasteiger partial charge in [0.05, 0.1) is 0 Å². The summed E-state index contributed by atoms with van der Waals surface area (Å²) in [6.45, 7) is 2.25. The molecule has 1 fully saturated rings. The first-order valence-electron chi connectivity index (χ1n) is 5.36. The van der Waals surface area contributed by atoms with E-state index in [2.05, 4.69) is 12.1 Å². The first-order chi connectivity index (χ1) is 7.16. The molecule has 1 heterocycles. The summed E-state index contributed by atoms with van der Waals surface area (Å²) in [5.74, 6) is 0.860. The smallest absolute Gasteiger partial charge is 0.358 e. The van der Waals surface area contributed by atoms with Crippen LogP contribution in [0.4, 0.5) is 0 Å². The third kappa shape index (κ3) is 2.19. The molecule has 0 aliphatic heterocycles. The molecule has 1 aliphatic carbocycles. The van der Waals surface area contributed by atoms with Gasteiger partial charge in [-0.25, -0.2) is 4.79 Å². The van der Waals surface area contributed by atoms with Crippen molar-refractivity contribution in [1.82, 2.24) is 5.16 Å². The Hall–Kier alpha value is -1.32. The van der Waals surface area contributed by atoms with Crippen LogP contribution < -0.4 is 0 Å². The average molecular weight is 209 g/mol. The van der Waals surface area contributed by atoms with Gasteiger partial charge in [0, 0.05) is 12.0 Å². The van der Waals surface area contributed by atoms with Crippen LogP contribution in [-0.2, 0) is 0 Å². The Kier molecular flexibility index (Phi) is 2.75. The number of carbonyl (C=O) groups is 1. The van der Waals surface area contributed by atoms with E-state index in [1.807, 2.05) is 0 Å². The molecule has 4 nitrogen and oxygen atoms in total. The molecule has 0 atom stereocenters. The van der Waals surface area contributed by atoms with Crippen molar-refractivity contribution in [1.29, 1.82) is 0 Å². The van der Waals surface area contributed by atoms with Gasteiger partial charge in [-0.2, -0.15) is 0 Å². The predicted octanol–water partition coefficient (Wildman–Crippen LogP) is 2.67. The fourth-order valence-corrected chi connectivity index (χ4v) is 2.13. The van der Waals surface area contributed by atoms with Gasteiger partial charge < -0.3 is 9.63 Å². The third-order valence-corrected chi connectivity index (χ3v) is 3.17. The molecule has 4 heteroatoms. The topological polar surface area (TPSA) is 63.3 Å². The van der Waals surface area contributed by atoms with Gasteiger partial charge in [-0.1, -0.05) is 24.9 Å². The maximum absolute atomic E-state index is 10.6. The first-order valence-corrected chi connectivity index (χ1v) is 5.36. The number of rotatable bonds is 2. The lowest BCUT2D eigenvalue weighted by molar-refractivity contribution is 0.0685. The number of aromatic nitrogens is 1. The van der Waals surface area contributed by atoms with Crippen LogP contribution in [0.5, 0.6) is 0 Å². The fraction of sp³-hybridized carbons (Fsp3) is 0.636. The number of aromatic carboxylic acids is 1. The zero-order chi connectivity index (χ0) is 10.8. The van der Waals surface area contributed by atoms with Crippen molar-refractivity contribution in [2.75, 3.05) is 0 Å². The van der Waals surface area contributed by atoms with E-state index in [1.165, 1.54) is 12.8 Å². The van der Waals surface area contributed by atoms with Crippen molar-refractivity contribution in [2.24, 2.45) is 5.92 Å². The molecule has 0 spiro atoms. The van der Waals surface area contributed by atoms with E-state index >= 15 is 0 Å². The van der Waals surface area contributed by atoms with Crippen LogP contribution >= 0.6 is 0 Å². The quantitative estimate of drug-likeness (QED) is 0.813. The Balaban J connectivity index is 2.06. The number of nitrogens with zero attached hydrogens (tertiary/aromatic N) is 1. The van der Waals surface area contributed by atoms with Crippen LogP contribution in [0, 0.1) is 5.92 Å². The molecule has 1 aromatic heterocycles. The molecular formula is C11H15NO3. The van der Waals surface area contributed by atoms with Crippen molar-refractivity contribution in [3.05, 3.63) is 17.5 Å². The van der Waals surface area contributed by atoms with Crippen LogP contribution in [0.25, 0.3) is 0 Å². The summed E-state index contributed by atoms with van der Waals surface area (Å²) >= 11 is 0. The molecule has 1 aromatic rings. The van der Waals surface area contributed by atoms with Gasteiger partial charge in [-0.3, -0.25) is 0 Å². The monoisotopic (exact) mass is 209 g/mol. The van der Waals surface area contributed by atoms with Crippen molar-refractivity contribution >= 4 is 5.97 Å². The zero-order valence-corrected chi connectivity index (χ0v) is 8.77. The SMILES string of the molecule is CC1CCC(c2cc(C(=O)O)no2)CC1. The van der Waals surface area contributed by atoms with E-state index in [4.69, 9.17) is 9.63 Å². The van der Waals surface area contributed by atoms with Gasteiger partial charge in [0.25, 0.3) is 0 Å². The van der Waals surface area contributed by atoms with E-state index in [0.29, 0.717) is 5.92 Å². The van der Waals surface area contributed by atoms with Gasteiger partial charge in [0.15, 0.2) is 5.69 Å². The second kappa shape index (κ2) is 4.04. The molecule has 0 unspecified atom stereocenters. The minimum Gasteiger partial charge on any atom is -0.476 e. The molecule has 0 radical (unpaired) electrons. The molecule has 1 N–H and O–H groups in total. The molecular weight excluding hydrogens is 194 g/mol. The summed E-state index contributed by atoms with van der Waals surface area (Å²) in [6, 6.07) is 1.56. The summed E-state index contributed by atoms with van der Waals surface area (Å²) in [5.41, 5.74) is 0.0172. The van der Waals surface area contributed by atoms with E-state index in [-0.39, 0.29) is 5.69 Å². The van der Waals surface area contributed by atoms with Gasteiger partial charge >= 0.3 is 5.97 Å². The largest absolute Gasteiger partial charge is 0.476 e. The highest BCUT2D eigenvalue weighted by Gasteiger charge is 2.24. The zero-order valence-electron chi connectivity index (χ0n) is 8.77. The summed E-state index contributed by atoms with van der Waals surface area (Å²) in [5, 5.41) is 12.3. The minimum absolute atomic E-state index is 0.0172. The second-order valence-electron chi connectivity index (χ2n) is 4.38. The van der Waals surface area contributed by atoms with Gasteiger partial charge in [0.1, 0.15) is 5.76 Å². The van der Waals surface area contributed by atoms with E-state index in [9.17, 15) is 4.79 Å². The summed E-state index contributed by atoms with van der Waals surface area (Å²) < 4.78 is 5.07. The molecule has 0 aromatic carbocycles. The van der Waals surface area contributed by atoms with Crippen LogP contribution in [-0.4, -0.2) is 16.2 Å². The predicted molar refractivity (Wildman–Crippen MR) is 53.8 cm³/mol. The maximum Gasteiger partial charge on any atom is 0.358 e. The highest BCUT2D eigenvalue weighted by Crippen LogP contribution is 2.35. The number of hydrogen-bond donors (Lipinski definition) is 1. The minimum atomic E-state index is -1.02. The van der Waals surface area contributed by atoms with Crippen molar-refractivity contribution in [2.45, 2.75) is 38.5 Å². The average Bonchev–Trinajstić information content (AvgIpc) is 2.68. The Labute approximate surface area is 88.3 Å². The molecule has 1 aliphatic rings. The Bertz CT molecular complexity index is 350. The van der Waals surface area contributed by atoms with E-state index < -0.39 is 5.97 Å². The Morgan fingerprint density at radius 1 is 1.47 bits per heavy atom. The van der Waals surface area contributed by atoms with Crippen LogP contribution in [0.15, 0.2) is 10.6 Å². The molecule has 15 heavy (non-hydrogen) atoms. The molecule has 2 rings (SSSR count). The maximum atomic E-state index is 10.6. The lowest BCUT2D eigenvalue weighted by Gasteiger charge is -2.23. The van der Waals surface area contributed by atoms with Crippen molar-refractivity contribution in [3.63, 3.8) is 0 Å². The highest BCUT2D eigenvalue weighted by atomic mass is 16.5. The normalized spacial score (nSPS) is 26.5. The van der Waals surface area contributed by atoms with Gasteiger partial charge in [-0.15, -0.1) is 0 Å². The highest BCUT2D eigenvalue weighted by molar-refractivity contribution is 5.85. The fourth-order valence-electron chi connectivity index (χ4n) is 2.13. The number of hydrogen-bond acceptors (Lipinski definition) is 3. The van der Waals surface area contributed by atoms with Gasteiger partial charge in [0.2, 0.25) is 0 Å². The van der Waals surface area contributed by atoms with Crippen LogP contribution in [0.1, 0.15) is 54.8 Å². The molecule has 0 saturated heterocycles. The number of carboxylic acid groups (broad SMARTS) is 1. The third-order valence-electron chi connectivity index (χ3n) is 3.17. The lowest BCUT2D eigenvalue weighted by Crippen LogP contribution is -2.10. The molecule has 1 saturated carbocycles. The molecule has 0 bridgehead atoms. The standard InChI is InChI=1S/C11H15NO3/c1-7-2-4-8(5-3-7)10-6-9(11(13)14)12-15-10/h6-8H,2-5H2,1H3,(H,13,14). The van der Waals surface area contributed by atoms with E-state index in [0.717, 1.165) is 24.5 Å². The summed E-state index contributed by atoms with van der Waals surface area (Å²) in [6.07, 6.45) is 4.53. The summed E-state index contributed by atoms with van der Waals surface area (Å²) in [4.78, 5) is 10.6. The van der Waals surface area contributed by atoms with Crippen LogP contribution in [0.3, 0.4) is 0 Å². The molecule has 82 valence electrons. The second-order valence-corrected chi connectivity index (χ2v) is 4.38. The van der Waals surface area contributed by atoms with Gasteiger partial charge in [-0.05, 0) is 18.8 Å². The van der Waals surface area contributed by atoms with E-state index in [1.54, 1.807) is 6.07 Å². The van der Waals surface area contributed by atoms with Crippen molar-refractivity contribution < 1.29 is 14.4 Å². The first kappa shape index (κ1) is 10.2. The Morgan fingerprint density at radius 2 is 2.13 bits per heavy atom. The van der Waals surface area contributed by atoms with Crippen LogP contribution in [0.2, 0.25) is 0 Å². The van der Waals surface area contributed by atoms with Crippen molar-refractivity contribution in [3.8, 4) is 0 Å². The number of carboxylic acids is 1. The summed E-state index contributed by atoms with van der Waals surface area (Å²) in [7, 11) is 0. The molecule has 0 amide bonds. The lowest BCUT2D eigenvalue weighted by atomic mass is 9.82. The Morgan fingerprint density at radius 3 is 2.67 bits per heavy atom.